The van der Waals surface area contributed by atoms with Gasteiger partial charge in [-0.15, -0.1) is 24.8 Å². The molecule has 11 heteroatoms. The first-order valence-corrected chi connectivity index (χ1v) is 12.2. The second-order valence-corrected chi connectivity index (χ2v) is 9.25. The summed E-state index contributed by atoms with van der Waals surface area (Å²) in [6.07, 6.45) is 0. The first-order valence-electron chi connectivity index (χ1n) is 12.2. The Balaban J connectivity index is 0.00000361. The van der Waals surface area contributed by atoms with Crippen molar-refractivity contribution in [3.63, 3.8) is 0 Å². The summed E-state index contributed by atoms with van der Waals surface area (Å²) in [5.41, 5.74) is 4.42. The average Bonchev–Trinajstić information content (AvgIpc) is 3.29. The molecule has 2 aromatic rings. The standard InChI is InChI=1S/C27H36N6O3.2ClH/c1-19(2)30-10-11-33(25-12-21(14-28)7-6-20(25)3)27(35)16-29-15-26(34)31(4)32-17-22-8-9-24(36-5)13-23(22)18-32;;/h6-9,12-13,19,29-30H,10-11,15-18H2,1-5H3;2*1H. The number of benzene rings is 2. The molecule has 1 heterocycles. The highest BCUT2D eigenvalue weighted by atomic mass is 35.5. The molecule has 0 atom stereocenters. The largest absolute Gasteiger partial charge is 0.497 e. The van der Waals surface area contributed by atoms with Gasteiger partial charge in [-0.1, -0.05) is 26.0 Å². The number of fused-ring (bicyclic) bond motifs is 1. The topological polar surface area (TPSA) is 101 Å². The van der Waals surface area contributed by atoms with Crippen molar-refractivity contribution in [2.45, 2.75) is 39.9 Å². The highest BCUT2D eigenvalue weighted by molar-refractivity contribution is 5.96. The molecule has 0 aromatic heterocycles. The molecule has 2 aromatic carbocycles. The molecular formula is C27H38Cl2N6O3. The predicted molar refractivity (Wildman–Crippen MR) is 154 cm³/mol. The van der Waals surface area contributed by atoms with E-state index in [1.165, 1.54) is 5.56 Å². The van der Waals surface area contributed by atoms with Crippen molar-refractivity contribution < 1.29 is 14.3 Å². The van der Waals surface area contributed by atoms with Gasteiger partial charge in [0.05, 0.1) is 31.8 Å². The minimum Gasteiger partial charge on any atom is -0.497 e. The molecule has 0 saturated carbocycles. The number of rotatable bonds is 11. The molecule has 1 aliphatic heterocycles. The number of nitrogens with one attached hydrogen (secondary N) is 2. The average molecular weight is 566 g/mol. The summed E-state index contributed by atoms with van der Waals surface area (Å²) >= 11 is 0. The van der Waals surface area contributed by atoms with E-state index in [9.17, 15) is 14.9 Å². The number of carbonyl (C=O) groups is 2. The highest BCUT2D eigenvalue weighted by Crippen LogP contribution is 2.27. The van der Waals surface area contributed by atoms with Crippen LogP contribution in [0.2, 0.25) is 0 Å². The van der Waals surface area contributed by atoms with Gasteiger partial charge in [-0.3, -0.25) is 19.9 Å². The fourth-order valence-corrected chi connectivity index (χ4v) is 4.15. The summed E-state index contributed by atoms with van der Waals surface area (Å²) in [6.45, 7) is 8.40. The molecule has 0 aliphatic carbocycles. The van der Waals surface area contributed by atoms with Crippen LogP contribution in [0.5, 0.6) is 5.75 Å². The lowest BCUT2D eigenvalue weighted by molar-refractivity contribution is -0.145. The van der Waals surface area contributed by atoms with Crippen LogP contribution in [0.25, 0.3) is 0 Å². The number of hydrogen-bond acceptors (Lipinski definition) is 7. The number of hydrogen-bond donors (Lipinski definition) is 2. The maximum Gasteiger partial charge on any atom is 0.250 e. The number of nitriles is 1. The lowest BCUT2D eigenvalue weighted by Crippen LogP contribution is -2.47. The fraction of sp³-hybridized carbons (Fsp3) is 0.444. The van der Waals surface area contributed by atoms with E-state index in [0.717, 1.165) is 16.9 Å². The molecule has 0 saturated heterocycles. The maximum atomic E-state index is 13.2. The third kappa shape index (κ3) is 8.58. The van der Waals surface area contributed by atoms with Crippen LogP contribution >= 0.6 is 24.8 Å². The Morgan fingerprint density at radius 3 is 2.42 bits per heavy atom. The fourth-order valence-electron chi connectivity index (χ4n) is 4.15. The molecule has 1 aliphatic rings. The number of hydrazine groups is 1. The van der Waals surface area contributed by atoms with Gasteiger partial charge in [0, 0.05) is 45.0 Å². The van der Waals surface area contributed by atoms with E-state index < -0.39 is 0 Å². The van der Waals surface area contributed by atoms with Crippen molar-refractivity contribution in [3.8, 4) is 11.8 Å². The molecule has 0 fully saturated rings. The van der Waals surface area contributed by atoms with Crippen molar-refractivity contribution in [3.05, 3.63) is 58.7 Å². The molecule has 0 spiro atoms. The van der Waals surface area contributed by atoms with Crippen LogP contribution in [0.4, 0.5) is 5.69 Å². The summed E-state index contributed by atoms with van der Waals surface area (Å²) in [7, 11) is 3.39. The number of anilines is 1. The number of carbonyl (C=O) groups excluding carboxylic acids is 2. The van der Waals surface area contributed by atoms with E-state index in [1.54, 1.807) is 36.2 Å². The number of halogens is 2. The lowest BCUT2D eigenvalue weighted by atomic mass is 10.1. The van der Waals surface area contributed by atoms with Crippen molar-refractivity contribution >= 4 is 42.3 Å². The summed E-state index contributed by atoms with van der Waals surface area (Å²) in [5, 5.41) is 19.2. The Morgan fingerprint density at radius 2 is 1.76 bits per heavy atom. The van der Waals surface area contributed by atoms with Gasteiger partial charge in [-0.05, 0) is 47.9 Å². The predicted octanol–water partition coefficient (Wildman–Crippen LogP) is 3.03. The van der Waals surface area contributed by atoms with E-state index in [1.807, 2.05) is 50.0 Å². The number of methoxy groups -OCH3 is 1. The number of ether oxygens (including phenoxy) is 1. The summed E-state index contributed by atoms with van der Waals surface area (Å²) in [5.74, 6) is 0.515. The molecule has 0 radical (unpaired) electrons. The Morgan fingerprint density at radius 1 is 1.08 bits per heavy atom. The zero-order valence-corrected chi connectivity index (χ0v) is 24.2. The number of likely N-dealkylation sites (N-methyl/N-ethyl adjacent to an activating group) is 1. The number of nitrogens with zero attached hydrogens (tertiary/aromatic N) is 4. The SMILES string of the molecule is COc1ccc2c(c1)CN(N(C)C(=O)CNCC(=O)N(CCNC(C)C)c1cc(C#N)ccc1C)C2.Cl.Cl. The van der Waals surface area contributed by atoms with Crippen LogP contribution < -0.4 is 20.3 Å². The first kappa shape index (κ1) is 33.2. The van der Waals surface area contributed by atoms with Gasteiger partial charge in [0.15, 0.2) is 0 Å². The van der Waals surface area contributed by atoms with Crippen LogP contribution in [-0.2, 0) is 22.7 Å². The quantitative estimate of drug-likeness (QED) is 0.432. The van der Waals surface area contributed by atoms with Crippen LogP contribution in [-0.4, -0.2) is 68.2 Å². The molecule has 38 heavy (non-hydrogen) atoms. The normalized spacial score (nSPS) is 12.1. The molecule has 2 amide bonds. The molecule has 208 valence electrons. The molecule has 0 bridgehead atoms. The van der Waals surface area contributed by atoms with Gasteiger partial charge in [0.25, 0.3) is 5.91 Å². The third-order valence-electron chi connectivity index (χ3n) is 6.27. The Labute approximate surface area is 237 Å². The van der Waals surface area contributed by atoms with Gasteiger partial charge >= 0.3 is 0 Å². The Kier molecular flexibility index (Phi) is 13.5. The van der Waals surface area contributed by atoms with Crippen LogP contribution in [0.3, 0.4) is 0 Å². The second kappa shape index (κ2) is 15.5. The minimum absolute atomic E-state index is 0. The van der Waals surface area contributed by atoms with Crippen LogP contribution in [0, 0.1) is 18.3 Å². The third-order valence-corrected chi connectivity index (χ3v) is 6.27. The monoisotopic (exact) mass is 564 g/mol. The van der Waals surface area contributed by atoms with E-state index in [0.29, 0.717) is 37.4 Å². The van der Waals surface area contributed by atoms with Crippen LogP contribution in [0.15, 0.2) is 36.4 Å². The number of amides is 2. The molecular weight excluding hydrogens is 527 g/mol. The van der Waals surface area contributed by atoms with Crippen molar-refractivity contribution in [1.82, 2.24) is 20.7 Å². The van der Waals surface area contributed by atoms with Crippen molar-refractivity contribution in [2.24, 2.45) is 0 Å². The maximum absolute atomic E-state index is 13.2. The highest BCUT2D eigenvalue weighted by Gasteiger charge is 2.26. The molecule has 9 nitrogen and oxygen atoms in total. The minimum atomic E-state index is -0.158. The van der Waals surface area contributed by atoms with E-state index in [-0.39, 0.29) is 55.8 Å². The van der Waals surface area contributed by atoms with E-state index in [2.05, 4.69) is 16.7 Å². The second-order valence-electron chi connectivity index (χ2n) is 9.25. The zero-order chi connectivity index (χ0) is 26.2. The van der Waals surface area contributed by atoms with Gasteiger partial charge in [-0.25, -0.2) is 5.01 Å². The van der Waals surface area contributed by atoms with Crippen molar-refractivity contribution in [1.29, 1.82) is 5.26 Å². The summed E-state index contributed by atoms with van der Waals surface area (Å²) in [4.78, 5) is 27.7. The molecule has 3 rings (SSSR count). The lowest BCUT2D eigenvalue weighted by Gasteiger charge is -2.28. The summed E-state index contributed by atoms with van der Waals surface area (Å²) < 4.78 is 5.30. The smallest absolute Gasteiger partial charge is 0.250 e. The molecule has 2 N–H and O–H groups in total. The van der Waals surface area contributed by atoms with Gasteiger partial charge < -0.3 is 15.0 Å². The Hall–Kier alpha value is -2.87. The molecule has 0 unspecified atom stereocenters. The Bertz CT molecular complexity index is 1140. The van der Waals surface area contributed by atoms with Gasteiger partial charge in [-0.2, -0.15) is 5.26 Å². The number of aryl methyl sites for hydroxylation is 1. The van der Waals surface area contributed by atoms with E-state index >= 15 is 0 Å². The summed E-state index contributed by atoms with van der Waals surface area (Å²) in [6, 6.07) is 13.7. The van der Waals surface area contributed by atoms with Gasteiger partial charge in [0.1, 0.15) is 5.75 Å². The van der Waals surface area contributed by atoms with Crippen LogP contribution in [0.1, 0.15) is 36.1 Å². The first-order chi connectivity index (χ1) is 17.2. The van der Waals surface area contributed by atoms with Crippen molar-refractivity contribution in [2.75, 3.05) is 45.2 Å². The van der Waals surface area contributed by atoms with Gasteiger partial charge in [0.2, 0.25) is 5.91 Å². The zero-order valence-electron chi connectivity index (χ0n) is 22.6. The van der Waals surface area contributed by atoms with E-state index in [4.69, 9.17) is 4.74 Å².